The third kappa shape index (κ3) is 7.11. The number of nitrogens with zero attached hydrogens (tertiary/aromatic N) is 1. The van der Waals surface area contributed by atoms with Crippen LogP contribution in [0.15, 0.2) is 29.3 Å². The van der Waals surface area contributed by atoms with Crippen LogP contribution in [0.25, 0.3) is 0 Å². The summed E-state index contributed by atoms with van der Waals surface area (Å²) in [5, 5.41) is 9.10. The SMILES string of the molecule is CCc1cccc(NC(=O)CNC(=NC)NCCC(C)C)c1. The molecule has 3 N–H and O–H groups in total. The van der Waals surface area contributed by atoms with Gasteiger partial charge in [-0.2, -0.15) is 0 Å². The number of hydrogen-bond donors (Lipinski definition) is 3. The Hall–Kier alpha value is -2.04. The number of benzene rings is 1. The summed E-state index contributed by atoms with van der Waals surface area (Å²) >= 11 is 0. The zero-order chi connectivity index (χ0) is 16.4. The molecule has 122 valence electrons. The molecule has 0 bridgehead atoms. The summed E-state index contributed by atoms with van der Waals surface area (Å²) in [6.45, 7) is 7.48. The van der Waals surface area contributed by atoms with Gasteiger partial charge in [-0.3, -0.25) is 9.79 Å². The first kappa shape index (κ1) is 18.0. The van der Waals surface area contributed by atoms with Crippen LogP contribution >= 0.6 is 0 Å². The molecule has 22 heavy (non-hydrogen) atoms. The molecule has 0 aliphatic carbocycles. The molecule has 0 saturated heterocycles. The van der Waals surface area contributed by atoms with Crippen LogP contribution in [0.3, 0.4) is 0 Å². The van der Waals surface area contributed by atoms with Crippen LogP contribution in [0.5, 0.6) is 0 Å². The highest BCUT2D eigenvalue weighted by molar-refractivity contribution is 5.95. The van der Waals surface area contributed by atoms with Crippen molar-refractivity contribution in [3.05, 3.63) is 29.8 Å². The fourth-order valence-electron chi connectivity index (χ4n) is 1.94. The van der Waals surface area contributed by atoms with Crippen molar-refractivity contribution in [3.8, 4) is 0 Å². The number of anilines is 1. The van der Waals surface area contributed by atoms with Gasteiger partial charge >= 0.3 is 0 Å². The molecule has 0 unspecified atom stereocenters. The fourth-order valence-corrected chi connectivity index (χ4v) is 1.94. The van der Waals surface area contributed by atoms with Crippen LogP contribution in [-0.4, -0.2) is 32.0 Å². The summed E-state index contributed by atoms with van der Waals surface area (Å²) in [6.07, 6.45) is 2.02. The smallest absolute Gasteiger partial charge is 0.243 e. The van der Waals surface area contributed by atoms with E-state index in [0.717, 1.165) is 25.1 Å². The molecule has 0 saturated carbocycles. The number of aliphatic imine (C=N–C) groups is 1. The molecule has 1 aromatic carbocycles. The lowest BCUT2D eigenvalue weighted by Gasteiger charge is -2.13. The number of carbonyl (C=O) groups is 1. The number of hydrogen-bond acceptors (Lipinski definition) is 2. The Morgan fingerprint density at radius 2 is 2.05 bits per heavy atom. The number of carbonyl (C=O) groups excluding carboxylic acids is 1. The second kappa shape index (κ2) is 9.82. The van der Waals surface area contributed by atoms with E-state index >= 15 is 0 Å². The van der Waals surface area contributed by atoms with Crippen LogP contribution < -0.4 is 16.0 Å². The first-order valence-electron chi connectivity index (χ1n) is 7.88. The Balaban J connectivity index is 2.37. The minimum Gasteiger partial charge on any atom is -0.356 e. The second-order valence-electron chi connectivity index (χ2n) is 5.64. The molecule has 0 radical (unpaired) electrons. The van der Waals surface area contributed by atoms with E-state index in [0.29, 0.717) is 11.9 Å². The average Bonchev–Trinajstić information content (AvgIpc) is 2.50. The quantitative estimate of drug-likeness (QED) is 0.535. The van der Waals surface area contributed by atoms with Gasteiger partial charge in [0.2, 0.25) is 5.91 Å². The lowest BCUT2D eigenvalue weighted by atomic mass is 10.1. The highest BCUT2D eigenvalue weighted by Gasteiger charge is 2.05. The fraction of sp³-hybridized carbons (Fsp3) is 0.529. The predicted octanol–water partition coefficient (Wildman–Crippen LogP) is 2.40. The maximum absolute atomic E-state index is 12.0. The first-order chi connectivity index (χ1) is 10.5. The van der Waals surface area contributed by atoms with Crippen LogP contribution in [-0.2, 0) is 11.2 Å². The van der Waals surface area contributed by atoms with E-state index in [1.807, 2.05) is 24.3 Å². The van der Waals surface area contributed by atoms with Crippen LogP contribution in [0.2, 0.25) is 0 Å². The van der Waals surface area contributed by atoms with Crippen LogP contribution in [0, 0.1) is 5.92 Å². The minimum absolute atomic E-state index is 0.0833. The summed E-state index contributed by atoms with van der Waals surface area (Å²) in [4.78, 5) is 16.1. The van der Waals surface area contributed by atoms with Gasteiger partial charge in [0, 0.05) is 19.3 Å². The van der Waals surface area contributed by atoms with Gasteiger partial charge in [-0.05, 0) is 36.5 Å². The highest BCUT2D eigenvalue weighted by Crippen LogP contribution is 2.10. The summed E-state index contributed by atoms with van der Waals surface area (Å²) in [6, 6.07) is 7.89. The molecule has 0 atom stereocenters. The van der Waals surface area contributed by atoms with Crippen LogP contribution in [0.1, 0.15) is 32.8 Å². The summed E-state index contributed by atoms with van der Waals surface area (Å²) in [5.74, 6) is 1.21. The van der Waals surface area contributed by atoms with Crippen molar-refractivity contribution < 1.29 is 4.79 Å². The standard InChI is InChI=1S/C17H28N4O/c1-5-14-7-6-8-15(11-14)21-16(22)12-20-17(18-4)19-10-9-13(2)3/h6-8,11,13H,5,9-10,12H2,1-4H3,(H,21,22)(H2,18,19,20). The van der Waals surface area contributed by atoms with Gasteiger partial charge in [-0.1, -0.05) is 32.9 Å². The van der Waals surface area contributed by atoms with Crippen molar-refractivity contribution in [1.82, 2.24) is 10.6 Å². The Kier molecular flexibility index (Phi) is 8.04. The first-order valence-corrected chi connectivity index (χ1v) is 7.88. The Bertz CT molecular complexity index is 497. The van der Waals surface area contributed by atoms with Gasteiger partial charge < -0.3 is 16.0 Å². The van der Waals surface area contributed by atoms with Crippen molar-refractivity contribution in [2.24, 2.45) is 10.9 Å². The van der Waals surface area contributed by atoms with Gasteiger partial charge in [0.05, 0.1) is 6.54 Å². The van der Waals surface area contributed by atoms with Crippen molar-refractivity contribution in [2.75, 3.05) is 25.5 Å². The third-order valence-electron chi connectivity index (χ3n) is 3.27. The van der Waals surface area contributed by atoms with Crippen molar-refractivity contribution in [1.29, 1.82) is 0 Å². The molecule has 1 rings (SSSR count). The molecule has 0 aliphatic heterocycles. The molecular formula is C17H28N4O. The average molecular weight is 304 g/mol. The second-order valence-corrected chi connectivity index (χ2v) is 5.64. The molecule has 5 heteroatoms. The maximum Gasteiger partial charge on any atom is 0.243 e. The van der Waals surface area contributed by atoms with E-state index in [9.17, 15) is 4.79 Å². The largest absolute Gasteiger partial charge is 0.356 e. The van der Waals surface area contributed by atoms with Gasteiger partial charge in [-0.15, -0.1) is 0 Å². The molecule has 1 amide bonds. The molecule has 5 nitrogen and oxygen atoms in total. The molecule has 1 aromatic rings. The monoisotopic (exact) mass is 304 g/mol. The number of aryl methyl sites for hydroxylation is 1. The lowest BCUT2D eigenvalue weighted by Crippen LogP contribution is -2.41. The third-order valence-corrected chi connectivity index (χ3v) is 3.27. The molecule has 0 aromatic heterocycles. The summed E-state index contributed by atoms with van der Waals surface area (Å²) in [7, 11) is 1.70. The Morgan fingerprint density at radius 3 is 2.68 bits per heavy atom. The van der Waals surface area contributed by atoms with E-state index in [4.69, 9.17) is 0 Å². The molecular weight excluding hydrogens is 276 g/mol. The van der Waals surface area contributed by atoms with Gasteiger partial charge in [0.1, 0.15) is 0 Å². The topological polar surface area (TPSA) is 65.5 Å². The zero-order valence-corrected chi connectivity index (χ0v) is 14.1. The van der Waals surface area contributed by atoms with E-state index in [1.54, 1.807) is 7.05 Å². The number of rotatable bonds is 7. The molecule has 0 fully saturated rings. The van der Waals surface area contributed by atoms with E-state index in [1.165, 1.54) is 5.56 Å². The summed E-state index contributed by atoms with van der Waals surface area (Å²) in [5.41, 5.74) is 2.03. The zero-order valence-electron chi connectivity index (χ0n) is 14.1. The molecule has 0 aliphatic rings. The molecule has 0 spiro atoms. The molecule has 0 heterocycles. The Morgan fingerprint density at radius 1 is 1.27 bits per heavy atom. The van der Waals surface area contributed by atoms with E-state index in [2.05, 4.69) is 41.7 Å². The number of nitrogens with one attached hydrogen (secondary N) is 3. The van der Waals surface area contributed by atoms with E-state index in [-0.39, 0.29) is 12.5 Å². The number of amides is 1. The normalized spacial score (nSPS) is 11.4. The minimum atomic E-state index is -0.0833. The van der Waals surface area contributed by atoms with Crippen molar-refractivity contribution in [2.45, 2.75) is 33.6 Å². The predicted molar refractivity (Wildman–Crippen MR) is 93.3 cm³/mol. The summed E-state index contributed by atoms with van der Waals surface area (Å²) < 4.78 is 0. The van der Waals surface area contributed by atoms with E-state index < -0.39 is 0 Å². The number of guanidine groups is 1. The maximum atomic E-state index is 12.0. The van der Waals surface area contributed by atoms with Crippen molar-refractivity contribution >= 4 is 17.6 Å². The lowest BCUT2D eigenvalue weighted by molar-refractivity contribution is -0.115. The van der Waals surface area contributed by atoms with Gasteiger partial charge in [0.25, 0.3) is 0 Å². The van der Waals surface area contributed by atoms with Gasteiger partial charge in [-0.25, -0.2) is 0 Å². The van der Waals surface area contributed by atoms with Crippen LogP contribution in [0.4, 0.5) is 5.69 Å². The van der Waals surface area contributed by atoms with Crippen molar-refractivity contribution in [3.63, 3.8) is 0 Å². The highest BCUT2D eigenvalue weighted by atomic mass is 16.1. The Labute approximate surface area is 133 Å². The van der Waals surface area contributed by atoms with Gasteiger partial charge in [0.15, 0.2) is 5.96 Å².